The van der Waals surface area contributed by atoms with E-state index in [1.165, 1.54) is 12.1 Å². The molecule has 0 saturated heterocycles. The fourth-order valence-corrected chi connectivity index (χ4v) is 3.26. The lowest BCUT2D eigenvalue weighted by molar-refractivity contribution is 0.0673. The monoisotopic (exact) mass is 286 g/mol. The van der Waals surface area contributed by atoms with Gasteiger partial charge in [-0.15, -0.1) is 0 Å². The molecule has 1 N–H and O–H groups in total. The van der Waals surface area contributed by atoms with Crippen LogP contribution in [0.2, 0.25) is 0 Å². The lowest BCUT2D eigenvalue weighted by atomic mass is 9.81. The van der Waals surface area contributed by atoms with Gasteiger partial charge in [0.15, 0.2) is 0 Å². The number of benzene rings is 2. The van der Waals surface area contributed by atoms with Crippen molar-refractivity contribution in [2.75, 3.05) is 7.11 Å². The highest BCUT2D eigenvalue weighted by molar-refractivity contribution is 5.48. The lowest BCUT2D eigenvalue weighted by Gasteiger charge is -2.31. The first-order valence-corrected chi connectivity index (χ1v) is 7.30. The van der Waals surface area contributed by atoms with E-state index in [0.717, 1.165) is 30.4 Å². The predicted molar refractivity (Wildman–Crippen MR) is 79.9 cm³/mol. The molecule has 0 heterocycles. The zero-order valence-electron chi connectivity index (χ0n) is 12.1. The minimum absolute atomic E-state index is 0.360. The van der Waals surface area contributed by atoms with E-state index in [9.17, 15) is 9.50 Å². The standard InChI is InChI=1S/C18H19FO2/c1-21-17-10-9-14(19)12-16(17)18(20)11-5-4-7-13-6-2-3-8-15(13)18/h2-3,6,8-10,12,20H,4-5,7,11H2,1H3. The van der Waals surface area contributed by atoms with Crippen LogP contribution in [0.25, 0.3) is 0 Å². The SMILES string of the molecule is COc1ccc(F)cc1C1(O)CCCCc2ccccc21. The third kappa shape index (κ3) is 2.42. The van der Waals surface area contributed by atoms with Gasteiger partial charge in [0.2, 0.25) is 0 Å². The minimum atomic E-state index is -1.19. The van der Waals surface area contributed by atoms with Crippen molar-refractivity contribution in [3.05, 3.63) is 65.0 Å². The van der Waals surface area contributed by atoms with Crippen LogP contribution in [0.3, 0.4) is 0 Å². The molecule has 110 valence electrons. The molecule has 0 fully saturated rings. The van der Waals surface area contributed by atoms with Crippen molar-refractivity contribution in [2.24, 2.45) is 0 Å². The van der Waals surface area contributed by atoms with Gasteiger partial charge in [-0.05, 0) is 55.0 Å². The van der Waals surface area contributed by atoms with E-state index in [1.807, 2.05) is 24.3 Å². The molecule has 0 aromatic heterocycles. The molecule has 2 aromatic rings. The second-order valence-corrected chi connectivity index (χ2v) is 5.57. The number of aryl methyl sites for hydroxylation is 1. The summed E-state index contributed by atoms with van der Waals surface area (Å²) in [6.07, 6.45) is 3.43. The summed E-state index contributed by atoms with van der Waals surface area (Å²) in [5.74, 6) is 0.163. The Labute approximate surface area is 124 Å². The average Bonchev–Trinajstić information content (AvgIpc) is 2.68. The predicted octanol–water partition coefficient (Wildman–Crippen LogP) is 3.80. The van der Waals surface area contributed by atoms with Crippen molar-refractivity contribution in [3.63, 3.8) is 0 Å². The topological polar surface area (TPSA) is 29.5 Å². The summed E-state index contributed by atoms with van der Waals surface area (Å²) >= 11 is 0. The molecule has 2 nitrogen and oxygen atoms in total. The Morgan fingerprint density at radius 1 is 1.10 bits per heavy atom. The Hall–Kier alpha value is -1.87. The third-order valence-electron chi connectivity index (χ3n) is 4.30. The van der Waals surface area contributed by atoms with Crippen molar-refractivity contribution in [2.45, 2.75) is 31.3 Å². The van der Waals surface area contributed by atoms with Crippen LogP contribution in [-0.4, -0.2) is 12.2 Å². The zero-order chi connectivity index (χ0) is 14.9. The molecule has 0 amide bonds. The third-order valence-corrected chi connectivity index (χ3v) is 4.30. The van der Waals surface area contributed by atoms with Gasteiger partial charge in [0.05, 0.1) is 7.11 Å². The van der Waals surface area contributed by atoms with Crippen LogP contribution in [0.15, 0.2) is 42.5 Å². The molecule has 3 heteroatoms. The summed E-state index contributed by atoms with van der Waals surface area (Å²) in [6.45, 7) is 0. The second kappa shape index (κ2) is 5.49. The first kappa shape index (κ1) is 14.1. The smallest absolute Gasteiger partial charge is 0.125 e. The fraction of sp³-hybridized carbons (Fsp3) is 0.333. The first-order chi connectivity index (χ1) is 10.1. The van der Waals surface area contributed by atoms with E-state index >= 15 is 0 Å². The quantitative estimate of drug-likeness (QED) is 0.851. The Bertz CT molecular complexity index is 653. The van der Waals surface area contributed by atoms with Crippen LogP contribution in [0.1, 0.15) is 36.0 Å². The van der Waals surface area contributed by atoms with E-state index in [1.54, 1.807) is 13.2 Å². The maximum atomic E-state index is 13.7. The van der Waals surface area contributed by atoms with Gasteiger partial charge in [-0.3, -0.25) is 0 Å². The molecule has 2 aromatic carbocycles. The van der Waals surface area contributed by atoms with Crippen LogP contribution in [-0.2, 0) is 12.0 Å². The molecular formula is C18H19FO2. The summed E-state index contributed by atoms with van der Waals surface area (Å²) in [7, 11) is 1.54. The van der Waals surface area contributed by atoms with E-state index in [-0.39, 0.29) is 5.82 Å². The summed E-state index contributed by atoms with van der Waals surface area (Å²) in [5.41, 5.74) is 1.31. The minimum Gasteiger partial charge on any atom is -0.496 e. The molecule has 0 radical (unpaired) electrons. The molecule has 1 atom stereocenters. The van der Waals surface area contributed by atoms with Crippen LogP contribution in [0.4, 0.5) is 4.39 Å². The summed E-state index contributed by atoms with van der Waals surface area (Å²) in [6, 6.07) is 12.2. The summed E-state index contributed by atoms with van der Waals surface area (Å²) < 4.78 is 19.1. The van der Waals surface area contributed by atoms with Crippen molar-refractivity contribution in [1.29, 1.82) is 0 Å². The first-order valence-electron chi connectivity index (χ1n) is 7.30. The molecule has 0 saturated carbocycles. The number of fused-ring (bicyclic) bond motifs is 1. The van der Waals surface area contributed by atoms with Gasteiger partial charge in [0, 0.05) is 5.56 Å². The van der Waals surface area contributed by atoms with Gasteiger partial charge in [-0.1, -0.05) is 24.3 Å². The van der Waals surface area contributed by atoms with Gasteiger partial charge < -0.3 is 9.84 Å². The molecule has 0 aliphatic heterocycles. The average molecular weight is 286 g/mol. The number of hydrogen-bond acceptors (Lipinski definition) is 2. The normalized spacial score (nSPS) is 21.5. The number of rotatable bonds is 2. The summed E-state index contributed by atoms with van der Waals surface area (Å²) in [5, 5.41) is 11.4. The molecule has 1 aliphatic carbocycles. The van der Waals surface area contributed by atoms with Crippen LogP contribution < -0.4 is 4.74 Å². The van der Waals surface area contributed by atoms with Gasteiger partial charge >= 0.3 is 0 Å². The van der Waals surface area contributed by atoms with Crippen molar-refractivity contribution in [3.8, 4) is 5.75 Å². The maximum Gasteiger partial charge on any atom is 0.125 e. The van der Waals surface area contributed by atoms with Crippen LogP contribution >= 0.6 is 0 Å². The Kier molecular flexibility index (Phi) is 3.68. The number of hydrogen-bond donors (Lipinski definition) is 1. The number of ether oxygens (including phenoxy) is 1. The van der Waals surface area contributed by atoms with E-state index < -0.39 is 5.60 Å². The second-order valence-electron chi connectivity index (χ2n) is 5.57. The lowest BCUT2D eigenvalue weighted by Crippen LogP contribution is -2.28. The summed E-state index contributed by atoms with van der Waals surface area (Å²) in [4.78, 5) is 0. The molecule has 1 unspecified atom stereocenters. The Morgan fingerprint density at radius 3 is 2.71 bits per heavy atom. The van der Waals surface area contributed by atoms with E-state index in [4.69, 9.17) is 4.74 Å². The highest BCUT2D eigenvalue weighted by Crippen LogP contribution is 2.43. The van der Waals surface area contributed by atoms with E-state index in [2.05, 4.69) is 0 Å². The highest BCUT2D eigenvalue weighted by Gasteiger charge is 2.37. The van der Waals surface area contributed by atoms with Gasteiger partial charge in [-0.2, -0.15) is 0 Å². The van der Waals surface area contributed by atoms with Crippen molar-refractivity contribution >= 4 is 0 Å². The van der Waals surface area contributed by atoms with Crippen LogP contribution in [0.5, 0.6) is 5.75 Å². The van der Waals surface area contributed by atoms with Crippen LogP contribution in [0, 0.1) is 5.82 Å². The van der Waals surface area contributed by atoms with Gasteiger partial charge in [-0.25, -0.2) is 4.39 Å². The highest BCUT2D eigenvalue weighted by atomic mass is 19.1. The van der Waals surface area contributed by atoms with Gasteiger partial charge in [0.25, 0.3) is 0 Å². The molecule has 21 heavy (non-hydrogen) atoms. The number of methoxy groups -OCH3 is 1. The van der Waals surface area contributed by atoms with Crippen molar-refractivity contribution < 1.29 is 14.2 Å². The zero-order valence-corrected chi connectivity index (χ0v) is 12.1. The Balaban J connectivity index is 2.22. The Morgan fingerprint density at radius 2 is 1.90 bits per heavy atom. The van der Waals surface area contributed by atoms with Gasteiger partial charge in [0.1, 0.15) is 17.2 Å². The largest absolute Gasteiger partial charge is 0.496 e. The molecule has 0 bridgehead atoms. The number of halogens is 1. The maximum absolute atomic E-state index is 13.7. The molecule has 0 spiro atoms. The van der Waals surface area contributed by atoms with Crippen molar-refractivity contribution in [1.82, 2.24) is 0 Å². The van der Waals surface area contributed by atoms with E-state index in [0.29, 0.717) is 17.7 Å². The molecular weight excluding hydrogens is 267 g/mol. The molecule has 3 rings (SSSR count). The fourth-order valence-electron chi connectivity index (χ4n) is 3.26. The molecule has 1 aliphatic rings. The number of aliphatic hydroxyl groups is 1.